The number of rotatable bonds is 3. The molecule has 27 heavy (non-hydrogen) atoms. The molecule has 3 amide bonds. The molecule has 1 aromatic carbocycles. The molecule has 2 aliphatic rings. The van der Waals surface area contributed by atoms with Gasteiger partial charge >= 0.3 is 0 Å². The lowest BCUT2D eigenvalue weighted by Gasteiger charge is -2.36. The van der Waals surface area contributed by atoms with Gasteiger partial charge in [0.15, 0.2) is 5.76 Å². The van der Waals surface area contributed by atoms with Gasteiger partial charge in [0, 0.05) is 26.2 Å². The summed E-state index contributed by atoms with van der Waals surface area (Å²) in [5.74, 6) is -0.922. The number of imide groups is 1. The van der Waals surface area contributed by atoms with Gasteiger partial charge in [-0.3, -0.25) is 19.3 Å². The van der Waals surface area contributed by atoms with Gasteiger partial charge in [0.1, 0.15) is 5.82 Å². The number of furan rings is 1. The minimum Gasteiger partial charge on any atom is -0.459 e. The molecule has 0 bridgehead atoms. The number of nitrogens with zero attached hydrogens (tertiary/aromatic N) is 3. The SMILES string of the molecule is O=C(c1ccco1)N1CCN([C@H]2CC(=O)N(c3ccc(F)cc3)C2=O)CC1. The van der Waals surface area contributed by atoms with Crippen molar-refractivity contribution in [2.45, 2.75) is 12.5 Å². The molecule has 2 saturated heterocycles. The topological polar surface area (TPSA) is 74.1 Å². The minimum absolute atomic E-state index is 0.0857. The molecule has 0 unspecified atom stereocenters. The Bertz CT molecular complexity index is 858. The fourth-order valence-corrected chi connectivity index (χ4v) is 3.56. The molecular weight excluding hydrogens is 353 g/mol. The first-order valence-corrected chi connectivity index (χ1v) is 8.74. The van der Waals surface area contributed by atoms with Crippen molar-refractivity contribution in [2.24, 2.45) is 0 Å². The highest BCUT2D eigenvalue weighted by Crippen LogP contribution is 2.26. The fraction of sp³-hybridized carbons (Fsp3) is 0.316. The molecule has 2 aliphatic heterocycles. The molecule has 8 heteroatoms. The van der Waals surface area contributed by atoms with Crippen LogP contribution >= 0.6 is 0 Å². The number of hydrogen-bond donors (Lipinski definition) is 0. The Morgan fingerprint density at radius 1 is 1.04 bits per heavy atom. The summed E-state index contributed by atoms with van der Waals surface area (Å²) in [6.45, 7) is 1.89. The largest absolute Gasteiger partial charge is 0.459 e. The van der Waals surface area contributed by atoms with E-state index in [1.54, 1.807) is 17.0 Å². The van der Waals surface area contributed by atoms with Gasteiger partial charge < -0.3 is 9.32 Å². The highest BCUT2D eigenvalue weighted by molar-refractivity contribution is 6.22. The maximum absolute atomic E-state index is 13.1. The number of carbonyl (C=O) groups is 3. The monoisotopic (exact) mass is 371 g/mol. The zero-order valence-corrected chi connectivity index (χ0v) is 14.5. The van der Waals surface area contributed by atoms with E-state index in [0.29, 0.717) is 31.9 Å². The summed E-state index contributed by atoms with van der Waals surface area (Å²) in [5, 5.41) is 0. The first-order valence-electron chi connectivity index (χ1n) is 8.74. The molecule has 140 valence electrons. The van der Waals surface area contributed by atoms with Crippen LogP contribution in [0, 0.1) is 5.82 Å². The van der Waals surface area contributed by atoms with E-state index in [1.165, 1.54) is 30.5 Å². The Kier molecular flexibility index (Phi) is 4.49. The van der Waals surface area contributed by atoms with E-state index < -0.39 is 11.9 Å². The average Bonchev–Trinajstić information content (AvgIpc) is 3.31. The van der Waals surface area contributed by atoms with Crippen molar-refractivity contribution in [1.29, 1.82) is 0 Å². The number of piperazine rings is 1. The average molecular weight is 371 g/mol. The number of hydrogen-bond acceptors (Lipinski definition) is 5. The number of carbonyl (C=O) groups excluding carboxylic acids is 3. The molecule has 0 aliphatic carbocycles. The summed E-state index contributed by atoms with van der Waals surface area (Å²) in [5.41, 5.74) is 0.375. The van der Waals surface area contributed by atoms with Crippen LogP contribution in [0.4, 0.5) is 10.1 Å². The predicted octanol–water partition coefficient (Wildman–Crippen LogP) is 1.51. The number of benzene rings is 1. The molecule has 1 aromatic heterocycles. The Labute approximate surface area is 154 Å². The molecule has 3 heterocycles. The summed E-state index contributed by atoms with van der Waals surface area (Å²) < 4.78 is 18.2. The smallest absolute Gasteiger partial charge is 0.289 e. The van der Waals surface area contributed by atoms with Gasteiger partial charge in [-0.1, -0.05) is 0 Å². The number of halogens is 1. The maximum Gasteiger partial charge on any atom is 0.289 e. The second-order valence-corrected chi connectivity index (χ2v) is 6.57. The summed E-state index contributed by atoms with van der Waals surface area (Å²) >= 11 is 0. The molecule has 4 rings (SSSR count). The molecule has 0 N–H and O–H groups in total. The lowest BCUT2D eigenvalue weighted by atomic mass is 10.1. The highest BCUT2D eigenvalue weighted by atomic mass is 19.1. The molecular formula is C19H18FN3O4. The van der Waals surface area contributed by atoms with Crippen molar-refractivity contribution in [1.82, 2.24) is 9.80 Å². The predicted molar refractivity (Wildman–Crippen MR) is 93.5 cm³/mol. The molecule has 1 atom stereocenters. The van der Waals surface area contributed by atoms with E-state index in [-0.39, 0.29) is 29.9 Å². The Morgan fingerprint density at radius 2 is 1.74 bits per heavy atom. The third-order valence-electron chi connectivity index (χ3n) is 4.98. The summed E-state index contributed by atoms with van der Waals surface area (Å²) in [4.78, 5) is 42.2. The van der Waals surface area contributed by atoms with Gasteiger partial charge in [0.25, 0.3) is 11.8 Å². The van der Waals surface area contributed by atoms with Gasteiger partial charge in [0.2, 0.25) is 5.91 Å². The molecule has 2 fully saturated rings. The van der Waals surface area contributed by atoms with Crippen LogP contribution in [-0.2, 0) is 9.59 Å². The van der Waals surface area contributed by atoms with Crippen LogP contribution in [0.25, 0.3) is 0 Å². The van der Waals surface area contributed by atoms with E-state index in [2.05, 4.69) is 0 Å². The third kappa shape index (κ3) is 3.23. The van der Waals surface area contributed by atoms with Gasteiger partial charge in [-0.2, -0.15) is 0 Å². The lowest BCUT2D eigenvalue weighted by molar-refractivity contribution is -0.123. The van der Waals surface area contributed by atoms with E-state index in [0.717, 1.165) is 4.90 Å². The van der Waals surface area contributed by atoms with Crippen LogP contribution in [-0.4, -0.2) is 59.7 Å². The van der Waals surface area contributed by atoms with Gasteiger partial charge in [-0.05, 0) is 36.4 Å². The lowest BCUT2D eigenvalue weighted by Crippen LogP contribution is -2.53. The van der Waals surface area contributed by atoms with Crippen molar-refractivity contribution in [3.8, 4) is 0 Å². The van der Waals surface area contributed by atoms with Crippen molar-refractivity contribution >= 4 is 23.4 Å². The molecule has 2 aromatic rings. The second kappa shape index (κ2) is 6.96. The molecule has 0 saturated carbocycles. The van der Waals surface area contributed by atoms with E-state index in [9.17, 15) is 18.8 Å². The van der Waals surface area contributed by atoms with E-state index in [4.69, 9.17) is 4.42 Å². The van der Waals surface area contributed by atoms with Crippen LogP contribution in [0.15, 0.2) is 47.1 Å². The quantitative estimate of drug-likeness (QED) is 0.765. The van der Waals surface area contributed by atoms with Crippen LogP contribution in [0.3, 0.4) is 0 Å². The van der Waals surface area contributed by atoms with Crippen LogP contribution in [0.1, 0.15) is 17.0 Å². The zero-order valence-electron chi connectivity index (χ0n) is 14.5. The fourth-order valence-electron chi connectivity index (χ4n) is 3.56. The summed E-state index contributed by atoms with van der Waals surface area (Å²) in [6, 6.07) is 8.03. The Morgan fingerprint density at radius 3 is 2.37 bits per heavy atom. The maximum atomic E-state index is 13.1. The van der Waals surface area contributed by atoms with Gasteiger partial charge in [-0.25, -0.2) is 9.29 Å². The van der Waals surface area contributed by atoms with Crippen LogP contribution in [0.5, 0.6) is 0 Å². The van der Waals surface area contributed by atoms with E-state index >= 15 is 0 Å². The molecule has 7 nitrogen and oxygen atoms in total. The van der Waals surface area contributed by atoms with Crippen LogP contribution < -0.4 is 4.90 Å². The van der Waals surface area contributed by atoms with Crippen molar-refractivity contribution in [3.63, 3.8) is 0 Å². The number of anilines is 1. The third-order valence-corrected chi connectivity index (χ3v) is 4.98. The molecule has 0 radical (unpaired) electrons. The number of amides is 3. The van der Waals surface area contributed by atoms with Crippen LogP contribution in [0.2, 0.25) is 0 Å². The van der Waals surface area contributed by atoms with Crippen molar-refractivity contribution in [2.75, 3.05) is 31.1 Å². The van der Waals surface area contributed by atoms with Crippen molar-refractivity contribution in [3.05, 3.63) is 54.2 Å². The standard InChI is InChI=1S/C19H18FN3O4/c20-13-3-5-14(6-4-13)23-17(24)12-15(18(23)25)21-7-9-22(10-8-21)19(26)16-2-1-11-27-16/h1-6,11,15H,7-10,12H2/t15-/m0/s1. The first kappa shape index (κ1) is 17.4. The summed E-state index contributed by atoms with van der Waals surface area (Å²) in [6.07, 6.45) is 1.54. The Hall–Kier alpha value is -3.00. The van der Waals surface area contributed by atoms with E-state index in [1.807, 2.05) is 4.90 Å². The highest BCUT2D eigenvalue weighted by Gasteiger charge is 2.43. The van der Waals surface area contributed by atoms with Gasteiger partial charge in [-0.15, -0.1) is 0 Å². The first-order chi connectivity index (χ1) is 13.0. The molecule has 0 spiro atoms. The minimum atomic E-state index is -0.552. The summed E-state index contributed by atoms with van der Waals surface area (Å²) in [7, 11) is 0. The van der Waals surface area contributed by atoms with Gasteiger partial charge in [0.05, 0.1) is 24.4 Å². The Balaban J connectivity index is 1.41. The van der Waals surface area contributed by atoms with Crippen molar-refractivity contribution < 1.29 is 23.2 Å². The second-order valence-electron chi connectivity index (χ2n) is 6.57. The normalized spacial score (nSPS) is 21.1. The zero-order chi connectivity index (χ0) is 19.0.